The van der Waals surface area contributed by atoms with Crippen molar-refractivity contribution in [1.82, 2.24) is 19.9 Å². The molecule has 29 heavy (non-hydrogen) atoms. The Balaban J connectivity index is 1.45. The van der Waals surface area contributed by atoms with Crippen LogP contribution in [0, 0.1) is 5.82 Å². The van der Waals surface area contributed by atoms with Gasteiger partial charge in [-0.1, -0.05) is 0 Å². The maximum absolute atomic E-state index is 13.2. The van der Waals surface area contributed by atoms with Crippen LogP contribution in [0.4, 0.5) is 4.39 Å². The van der Waals surface area contributed by atoms with Crippen molar-refractivity contribution < 1.29 is 13.9 Å². The van der Waals surface area contributed by atoms with Gasteiger partial charge in [0.05, 0.1) is 24.4 Å². The lowest BCUT2D eigenvalue weighted by molar-refractivity contribution is 0.0643. The highest BCUT2D eigenvalue weighted by atomic mass is 19.1. The summed E-state index contributed by atoms with van der Waals surface area (Å²) in [6.07, 6.45) is 5.90. The molecule has 146 valence electrons. The van der Waals surface area contributed by atoms with Gasteiger partial charge in [0.15, 0.2) is 5.82 Å². The molecule has 0 unspecified atom stereocenters. The monoisotopic (exact) mass is 390 g/mol. The Morgan fingerprint density at radius 2 is 1.93 bits per heavy atom. The molecular formula is C22H19FN4O2. The maximum atomic E-state index is 13.2. The van der Waals surface area contributed by atoms with Gasteiger partial charge in [0, 0.05) is 42.0 Å². The fourth-order valence-electron chi connectivity index (χ4n) is 4.30. The molecule has 0 aliphatic carbocycles. The molecule has 1 fully saturated rings. The molecule has 2 bridgehead atoms. The molecule has 0 N–H and O–H groups in total. The molecule has 6 nitrogen and oxygen atoms in total. The Labute approximate surface area is 167 Å². The number of benzene rings is 1. The third-order valence-electron chi connectivity index (χ3n) is 5.72. The van der Waals surface area contributed by atoms with Crippen molar-refractivity contribution in [2.45, 2.75) is 31.3 Å². The van der Waals surface area contributed by atoms with E-state index in [2.05, 4.69) is 9.97 Å². The molecular weight excluding hydrogens is 371 g/mol. The molecule has 5 rings (SSSR count). The first-order chi connectivity index (χ1) is 14.1. The lowest BCUT2D eigenvalue weighted by Crippen LogP contribution is -2.42. The third-order valence-corrected chi connectivity index (χ3v) is 5.72. The van der Waals surface area contributed by atoms with Crippen LogP contribution in [0.15, 0.2) is 48.8 Å². The standard InChI is InChI=1S/C22H19FN4O2/c1-29-20-9-4-14(11-24-20)22(28)27-16-7-8-19(27)17-12-25-21(26-18(17)10-16)13-2-5-15(23)6-3-13/h2-6,9,11-12,16,19H,7-8,10H2,1H3/t16-,19+/m0/s1. The number of aromatic nitrogens is 3. The van der Waals surface area contributed by atoms with E-state index in [0.29, 0.717) is 23.7 Å². The Kier molecular flexibility index (Phi) is 4.23. The van der Waals surface area contributed by atoms with E-state index < -0.39 is 0 Å². The lowest BCUT2D eigenvalue weighted by atomic mass is 9.98. The minimum Gasteiger partial charge on any atom is -0.481 e. The Hall–Kier alpha value is -3.35. The smallest absolute Gasteiger partial charge is 0.256 e. The molecule has 2 atom stereocenters. The number of pyridine rings is 1. The van der Waals surface area contributed by atoms with E-state index in [1.165, 1.54) is 12.1 Å². The van der Waals surface area contributed by atoms with Gasteiger partial charge in [0.1, 0.15) is 5.82 Å². The Morgan fingerprint density at radius 1 is 1.10 bits per heavy atom. The van der Waals surface area contributed by atoms with Crippen LogP contribution in [0.3, 0.4) is 0 Å². The van der Waals surface area contributed by atoms with Crippen LogP contribution >= 0.6 is 0 Å². The third kappa shape index (κ3) is 3.03. The first kappa shape index (κ1) is 17.7. The van der Waals surface area contributed by atoms with Gasteiger partial charge in [0.25, 0.3) is 5.91 Å². The van der Waals surface area contributed by atoms with Crippen LogP contribution in [0.5, 0.6) is 5.88 Å². The topological polar surface area (TPSA) is 68.2 Å². The number of fused-ring (bicyclic) bond motifs is 4. The van der Waals surface area contributed by atoms with Crippen molar-refractivity contribution in [2.24, 2.45) is 0 Å². The predicted octanol–water partition coefficient (Wildman–Crippen LogP) is 3.59. The van der Waals surface area contributed by atoms with E-state index in [0.717, 1.165) is 29.7 Å². The number of methoxy groups -OCH3 is 1. The fourth-order valence-corrected chi connectivity index (χ4v) is 4.30. The van der Waals surface area contributed by atoms with Crippen molar-refractivity contribution in [1.29, 1.82) is 0 Å². The number of rotatable bonds is 3. The first-order valence-electron chi connectivity index (χ1n) is 9.58. The maximum Gasteiger partial charge on any atom is 0.256 e. The number of carbonyl (C=O) groups is 1. The number of ether oxygens (including phenoxy) is 1. The van der Waals surface area contributed by atoms with Gasteiger partial charge >= 0.3 is 0 Å². The molecule has 2 aliphatic heterocycles. The van der Waals surface area contributed by atoms with Crippen LogP contribution in [-0.2, 0) is 6.42 Å². The molecule has 3 aromatic rings. The van der Waals surface area contributed by atoms with Gasteiger partial charge in [-0.15, -0.1) is 0 Å². The zero-order chi connectivity index (χ0) is 20.0. The highest BCUT2D eigenvalue weighted by Gasteiger charge is 2.43. The van der Waals surface area contributed by atoms with Crippen LogP contribution < -0.4 is 4.74 Å². The molecule has 0 spiro atoms. The van der Waals surface area contributed by atoms with Crippen LogP contribution in [0.2, 0.25) is 0 Å². The fraction of sp³-hybridized carbons (Fsp3) is 0.273. The molecule has 0 radical (unpaired) electrons. The van der Waals surface area contributed by atoms with Gasteiger partial charge in [-0.25, -0.2) is 19.3 Å². The summed E-state index contributed by atoms with van der Waals surface area (Å²) in [7, 11) is 1.55. The summed E-state index contributed by atoms with van der Waals surface area (Å²) in [6, 6.07) is 9.71. The predicted molar refractivity (Wildman–Crippen MR) is 104 cm³/mol. The highest BCUT2D eigenvalue weighted by molar-refractivity contribution is 5.95. The van der Waals surface area contributed by atoms with Crippen LogP contribution in [0.1, 0.15) is 40.5 Å². The van der Waals surface area contributed by atoms with Crippen molar-refractivity contribution in [2.75, 3.05) is 7.11 Å². The van der Waals surface area contributed by atoms with Gasteiger partial charge in [-0.3, -0.25) is 4.79 Å². The lowest BCUT2D eigenvalue weighted by Gasteiger charge is -2.35. The van der Waals surface area contributed by atoms with Crippen LogP contribution in [-0.4, -0.2) is 38.9 Å². The van der Waals surface area contributed by atoms with Gasteiger partial charge in [0.2, 0.25) is 5.88 Å². The number of hydrogen-bond acceptors (Lipinski definition) is 5. The minimum absolute atomic E-state index is 0.0269. The first-order valence-corrected chi connectivity index (χ1v) is 9.58. The average molecular weight is 390 g/mol. The number of halogens is 1. The second kappa shape index (κ2) is 6.92. The normalized spacial score (nSPS) is 19.7. The summed E-state index contributed by atoms with van der Waals surface area (Å²) in [4.78, 5) is 28.5. The van der Waals surface area contributed by atoms with Gasteiger partial charge in [-0.2, -0.15) is 0 Å². The van der Waals surface area contributed by atoms with Crippen molar-refractivity contribution >= 4 is 5.91 Å². The van der Waals surface area contributed by atoms with E-state index in [4.69, 9.17) is 9.72 Å². The average Bonchev–Trinajstić information content (AvgIpc) is 3.08. The molecule has 0 saturated carbocycles. The highest BCUT2D eigenvalue weighted by Crippen LogP contribution is 2.44. The van der Waals surface area contributed by atoms with Crippen molar-refractivity contribution in [3.63, 3.8) is 0 Å². The number of nitrogens with zero attached hydrogens (tertiary/aromatic N) is 4. The summed E-state index contributed by atoms with van der Waals surface area (Å²) < 4.78 is 18.3. The molecule has 7 heteroatoms. The van der Waals surface area contributed by atoms with Crippen LogP contribution in [0.25, 0.3) is 11.4 Å². The van der Waals surface area contributed by atoms with E-state index in [-0.39, 0.29) is 23.8 Å². The van der Waals surface area contributed by atoms with Crippen molar-refractivity contribution in [3.05, 3.63) is 71.4 Å². The number of hydrogen-bond donors (Lipinski definition) is 0. The molecule has 1 amide bonds. The summed E-state index contributed by atoms with van der Waals surface area (Å²) in [5.41, 5.74) is 3.31. The largest absolute Gasteiger partial charge is 0.481 e. The summed E-state index contributed by atoms with van der Waals surface area (Å²) in [5, 5.41) is 0. The second-order valence-corrected chi connectivity index (χ2v) is 7.36. The van der Waals surface area contributed by atoms with E-state index in [9.17, 15) is 9.18 Å². The second-order valence-electron chi connectivity index (χ2n) is 7.36. The molecule has 1 aromatic carbocycles. The van der Waals surface area contributed by atoms with E-state index in [1.807, 2.05) is 11.1 Å². The Bertz CT molecular complexity index is 1070. The zero-order valence-corrected chi connectivity index (χ0v) is 15.9. The SMILES string of the molecule is COc1ccc(C(=O)N2[C@H]3CC[C@@H]2c2cnc(-c4ccc(F)cc4)nc2C3)cn1. The Morgan fingerprint density at radius 3 is 2.66 bits per heavy atom. The van der Waals surface area contributed by atoms with Gasteiger partial charge in [-0.05, 0) is 43.2 Å². The molecule has 1 saturated heterocycles. The number of carbonyl (C=O) groups excluding carboxylic acids is 1. The minimum atomic E-state index is -0.285. The number of amides is 1. The summed E-state index contributed by atoms with van der Waals surface area (Å²) >= 11 is 0. The van der Waals surface area contributed by atoms with Gasteiger partial charge < -0.3 is 9.64 Å². The molecule has 2 aromatic heterocycles. The zero-order valence-electron chi connectivity index (χ0n) is 15.9. The quantitative estimate of drug-likeness (QED) is 0.684. The summed E-state index contributed by atoms with van der Waals surface area (Å²) in [5.74, 6) is 0.755. The molecule has 4 heterocycles. The summed E-state index contributed by atoms with van der Waals surface area (Å²) in [6.45, 7) is 0. The molecule has 2 aliphatic rings. The van der Waals surface area contributed by atoms with E-state index >= 15 is 0 Å². The van der Waals surface area contributed by atoms with E-state index in [1.54, 1.807) is 37.6 Å². The van der Waals surface area contributed by atoms with Crippen molar-refractivity contribution in [3.8, 4) is 17.3 Å².